The van der Waals surface area contributed by atoms with Gasteiger partial charge in [-0.25, -0.2) is 24.0 Å². The molecule has 0 fully saturated rings. The van der Waals surface area contributed by atoms with Crippen LogP contribution in [0.15, 0.2) is 73.1 Å². The van der Waals surface area contributed by atoms with Crippen LogP contribution in [0.1, 0.15) is 88.6 Å². The third-order valence-electron chi connectivity index (χ3n) is 8.56. The summed E-state index contributed by atoms with van der Waals surface area (Å²) in [7, 11) is 1.20. The molecule has 0 radical (unpaired) electrons. The Bertz CT molecular complexity index is 2430. The first-order valence-electron chi connectivity index (χ1n) is 18.3. The van der Waals surface area contributed by atoms with Gasteiger partial charge in [0.15, 0.2) is 0 Å². The standard InChI is InChI=1S/C43H47N3O12/c1-41(2,3)56-38(52)44-22-24(21-31(36(49)50)46(39(53)57-42(4,5)6)40(54)58-43(7,8)9)33-25(16-14-19-30(33)44)26-17-13-18-27-29(37(51)55-10)23-45(34(26)27)35(48)28-15-11-12-20-32(28)47/h11-20,22-23,31,47H,21H2,1-10H3,(H,49,50)/t31-/m1/s1. The number of phenolic OH excluding ortho intramolecular Hbond substituents is 1. The number of methoxy groups -OCH3 is 1. The highest BCUT2D eigenvalue weighted by Crippen LogP contribution is 2.40. The highest BCUT2D eigenvalue weighted by Gasteiger charge is 2.41. The molecule has 58 heavy (non-hydrogen) atoms. The number of nitrogens with zero attached hydrogens (tertiary/aromatic N) is 3. The summed E-state index contributed by atoms with van der Waals surface area (Å²) in [6, 6.07) is 13.8. The molecule has 2 heterocycles. The second-order valence-corrected chi connectivity index (χ2v) is 16.5. The van der Waals surface area contributed by atoms with Crippen LogP contribution in [-0.4, -0.2) is 90.3 Å². The van der Waals surface area contributed by atoms with Crippen molar-refractivity contribution in [3.05, 3.63) is 89.7 Å². The molecule has 0 bridgehead atoms. The zero-order valence-electron chi connectivity index (χ0n) is 34.0. The van der Waals surface area contributed by atoms with Gasteiger partial charge in [0.05, 0.1) is 29.3 Å². The number of carboxylic acids is 1. The summed E-state index contributed by atoms with van der Waals surface area (Å²) in [6.07, 6.45) is -1.24. The molecule has 0 saturated heterocycles. The predicted octanol–water partition coefficient (Wildman–Crippen LogP) is 8.39. The molecule has 15 nitrogen and oxygen atoms in total. The average molecular weight is 798 g/mol. The van der Waals surface area contributed by atoms with E-state index in [1.165, 1.54) is 40.8 Å². The van der Waals surface area contributed by atoms with Crippen molar-refractivity contribution in [2.24, 2.45) is 0 Å². The number of carboxylic acid groups (broad SMARTS) is 1. The summed E-state index contributed by atoms with van der Waals surface area (Å²) in [4.78, 5) is 82.1. The van der Waals surface area contributed by atoms with Crippen molar-refractivity contribution in [1.82, 2.24) is 14.0 Å². The Kier molecular flexibility index (Phi) is 11.5. The van der Waals surface area contributed by atoms with E-state index >= 15 is 0 Å². The highest BCUT2D eigenvalue weighted by atomic mass is 16.6. The van der Waals surface area contributed by atoms with Crippen LogP contribution in [0, 0.1) is 0 Å². The number of hydrogen-bond acceptors (Lipinski definition) is 11. The summed E-state index contributed by atoms with van der Waals surface area (Å²) < 4.78 is 24.2. The van der Waals surface area contributed by atoms with Crippen molar-refractivity contribution in [2.75, 3.05) is 7.11 Å². The third-order valence-corrected chi connectivity index (χ3v) is 8.56. The van der Waals surface area contributed by atoms with E-state index in [0.29, 0.717) is 26.8 Å². The number of carbonyl (C=O) groups is 6. The smallest absolute Gasteiger partial charge is 0.420 e. The third kappa shape index (κ3) is 8.98. The van der Waals surface area contributed by atoms with Crippen molar-refractivity contribution < 1.29 is 57.9 Å². The van der Waals surface area contributed by atoms with Crippen LogP contribution in [0.5, 0.6) is 5.75 Å². The second kappa shape index (κ2) is 15.7. The molecule has 0 unspecified atom stereocenters. The van der Waals surface area contributed by atoms with E-state index < -0.39 is 65.4 Å². The minimum Gasteiger partial charge on any atom is -0.507 e. The zero-order valence-corrected chi connectivity index (χ0v) is 34.0. The number of amides is 2. The van der Waals surface area contributed by atoms with Gasteiger partial charge in [0.2, 0.25) is 0 Å². The topological polar surface area (TPSA) is 193 Å². The van der Waals surface area contributed by atoms with E-state index in [0.717, 1.165) is 0 Å². The quantitative estimate of drug-likeness (QED) is 0.118. The normalized spacial score (nSPS) is 12.5. The minimum absolute atomic E-state index is 0.0400. The number of benzene rings is 3. The van der Waals surface area contributed by atoms with Gasteiger partial charge in [0.25, 0.3) is 5.91 Å². The van der Waals surface area contributed by atoms with Gasteiger partial charge in [0.1, 0.15) is 28.6 Å². The number of fused-ring (bicyclic) bond motifs is 2. The minimum atomic E-state index is -1.93. The Morgan fingerprint density at radius 2 is 1.26 bits per heavy atom. The van der Waals surface area contributed by atoms with Gasteiger partial charge in [0, 0.05) is 35.2 Å². The van der Waals surface area contributed by atoms with Crippen molar-refractivity contribution in [2.45, 2.75) is 91.6 Å². The molecular weight excluding hydrogens is 750 g/mol. The number of aromatic nitrogens is 2. The summed E-state index contributed by atoms with van der Waals surface area (Å²) in [6.45, 7) is 14.4. The maximum Gasteiger partial charge on any atom is 0.420 e. The Morgan fingerprint density at radius 3 is 1.81 bits per heavy atom. The van der Waals surface area contributed by atoms with Crippen LogP contribution in [-0.2, 0) is 30.2 Å². The molecule has 0 spiro atoms. The van der Waals surface area contributed by atoms with Crippen molar-refractivity contribution in [3.8, 4) is 16.9 Å². The Balaban J connectivity index is 1.84. The lowest BCUT2D eigenvalue weighted by atomic mass is 9.94. The molecule has 0 saturated carbocycles. The molecular formula is C43H47N3O12. The summed E-state index contributed by atoms with van der Waals surface area (Å²) in [5, 5.41) is 22.0. The predicted molar refractivity (Wildman–Crippen MR) is 213 cm³/mol. The number of hydrogen-bond donors (Lipinski definition) is 2. The maximum atomic E-state index is 14.2. The van der Waals surface area contributed by atoms with Gasteiger partial charge in [-0.15, -0.1) is 0 Å². The first-order chi connectivity index (χ1) is 26.9. The van der Waals surface area contributed by atoms with Crippen LogP contribution in [0.25, 0.3) is 32.9 Å². The van der Waals surface area contributed by atoms with Crippen LogP contribution in [0.4, 0.5) is 14.4 Å². The number of carbonyl (C=O) groups excluding carboxylic acids is 5. The monoisotopic (exact) mass is 797 g/mol. The molecule has 2 aromatic heterocycles. The molecule has 5 aromatic rings. The van der Waals surface area contributed by atoms with Crippen LogP contribution < -0.4 is 0 Å². The summed E-state index contributed by atoms with van der Waals surface area (Å²) >= 11 is 0. The van der Waals surface area contributed by atoms with Gasteiger partial charge in [-0.05, 0) is 91.6 Å². The van der Waals surface area contributed by atoms with Crippen molar-refractivity contribution in [3.63, 3.8) is 0 Å². The number of aliphatic carboxylic acids is 1. The number of esters is 1. The van der Waals surface area contributed by atoms with E-state index in [-0.39, 0.29) is 33.5 Å². The number of aromatic hydroxyl groups is 1. The fraction of sp³-hybridized carbons (Fsp3) is 0.349. The number of para-hydroxylation sites is 2. The van der Waals surface area contributed by atoms with Crippen LogP contribution in [0.3, 0.4) is 0 Å². The molecule has 2 amide bonds. The van der Waals surface area contributed by atoms with Gasteiger partial charge >= 0.3 is 30.2 Å². The van der Waals surface area contributed by atoms with Gasteiger partial charge in [-0.2, -0.15) is 4.90 Å². The molecule has 2 N–H and O–H groups in total. The molecule has 0 aliphatic rings. The van der Waals surface area contributed by atoms with E-state index in [9.17, 15) is 39.0 Å². The summed E-state index contributed by atoms with van der Waals surface area (Å²) in [5.41, 5.74) is -1.86. The molecule has 3 aromatic carbocycles. The Morgan fingerprint density at radius 1 is 0.690 bits per heavy atom. The number of imide groups is 1. The largest absolute Gasteiger partial charge is 0.507 e. The van der Waals surface area contributed by atoms with Crippen molar-refractivity contribution >= 4 is 57.9 Å². The lowest BCUT2D eigenvalue weighted by molar-refractivity contribution is -0.143. The Labute approximate surface area is 334 Å². The lowest BCUT2D eigenvalue weighted by Gasteiger charge is -2.31. The number of ether oxygens (including phenoxy) is 4. The zero-order chi connectivity index (χ0) is 43.1. The maximum absolute atomic E-state index is 14.2. The molecule has 0 aliphatic heterocycles. The van der Waals surface area contributed by atoms with E-state index in [2.05, 4.69) is 0 Å². The van der Waals surface area contributed by atoms with Gasteiger partial charge in [-0.1, -0.05) is 42.5 Å². The highest BCUT2D eigenvalue weighted by molar-refractivity contribution is 6.16. The Hall–Kier alpha value is -6.64. The van der Waals surface area contributed by atoms with E-state index in [4.69, 9.17) is 18.9 Å². The summed E-state index contributed by atoms with van der Waals surface area (Å²) in [5.74, 6) is -3.31. The average Bonchev–Trinajstić information content (AvgIpc) is 3.68. The SMILES string of the molecule is COC(=O)c1cn(C(=O)c2ccccc2O)c2c(-c3cccc4c3c(C[C@H](C(=O)O)N(C(=O)OC(C)(C)C)C(=O)OC(C)(C)C)cn4C(=O)OC(C)(C)C)cccc12. The molecule has 5 rings (SSSR count). The molecule has 1 atom stereocenters. The van der Waals surface area contributed by atoms with Gasteiger partial charge < -0.3 is 29.2 Å². The molecule has 306 valence electrons. The number of phenols is 1. The fourth-order valence-electron chi connectivity index (χ4n) is 6.38. The van der Waals surface area contributed by atoms with Crippen LogP contribution >= 0.6 is 0 Å². The second-order valence-electron chi connectivity index (χ2n) is 16.5. The first kappa shape index (κ1) is 42.5. The van der Waals surface area contributed by atoms with E-state index in [1.807, 2.05) is 0 Å². The fourth-order valence-corrected chi connectivity index (χ4v) is 6.38. The van der Waals surface area contributed by atoms with E-state index in [1.54, 1.807) is 111 Å². The lowest BCUT2D eigenvalue weighted by Crippen LogP contribution is -2.52. The van der Waals surface area contributed by atoms with Crippen LogP contribution in [0.2, 0.25) is 0 Å². The molecule has 15 heteroatoms. The number of rotatable bonds is 7. The van der Waals surface area contributed by atoms with Crippen molar-refractivity contribution in [1.29, 1.82) is 0 Å². The molecule has 0 aliphatic carbocycles. The van der Waals surface area contributed by atoms with Gasteiger partial charge in [-0.3, -0.25) is 13.9 Å². The first-order valence-corrected chi connectivity index (χ1v) is 18.3.